The lowest BCUT2D eigenvalue weighted by molar-refractivity contribution is -0.118. The second kappa shape index (κ2) is 5.54. The van der Waals surface area contributed by atoms with E-state index in [2.05, 4.69) is 5.32 Å². The van der Waals surface area contributed by atoms with Crippen LogP contribution < -0.4 is 11.1 Å². The number of hydrogen-bond donors (Lipinski definition) is 4. The van der Waals surface area contributed by atoms with E-state index < -0.39 is 6.04 Å². The summed E-state index contributed by atoms with van der Waals surface area (Å²) in [6.07, 6.45) is 0.802. The topological polar surface area (TPSA) is 95.6 Å². The molecule has 0 aliphatic heterocycles. The summed E-state index contributed by atoms with van der Waals surface area (Å²) in [6.45, 7) is 3.84. The van der Waals surface area contributed by atoms with Gasteiger partial charge in [0.05, 0.1) is 11.7 Å². The third kappa shape index (κ3) is 3.35. The molecule has 5 heteroatoms. The highest BCUT2D eigenvalue weighted by Crippen LogP contribution is 2.27. The third-order valence-corrected chi connectivity index (χ3v) is 2.80. The molecule has 2 atom stereocenters. The van der Waals surface area contributed by atoms with Gasteiger partial charge in [-0.3, -0.25) is 4.79 Å². The Morgan fingerprint density at radius 2 is 2.12 bits per heavy atom. The van der Waals surface area contributed by atoms with Gasteiger partial charge in [-0.2, -0.15) is 0 Å². The number of aromatic hydroxyl groups is 2. The van der Waals surface area contributed by atoms with Crippen molar-refractivity contribution in [1.29, 1.82) is 0 Å². The molecule has 0 saturated carbocycles. The molecule has 1 aromatic carbocycles. The van der Waals surface area contributed by atoms with Crippen LogP contribution in [0.1, 0.15) is 20.3 Å². The van der Waals surface area contributed by atoms with Crippen molar-refractivity contribution in [2.24, 2.45) is 11.7 Å². The highest BCUT2D eigenvalue weighted by molar-refractivity contribution is 5.96. The van der Waals surface area contributed by atoms with Gasteiger partial charge in [0.1, 0.15) is 11.5 Å². The number of carbonyl (C=O) groups is 1. The van der Waals surface area contributed by atoms with Gasteiger partial charge < -0.3 is 21.3 Å². The first-order valence-electron chi connectivity index (χ1n) is 5.54. The van der Waals surface area contributed by atoms with E-state index in [-0.39, 0.29) is 29.0 Å². The summed E-state index contributed by atoms with van der Waals surface area (Å²) in [7, 11) is 0. The Bertz CT molecular complexity index is 407. The second-order valence-corrected chi connectivity index (χ2v) is 4.10. The van der Waals surface area contributed by atoms with Gasteiger partial charge in [0.2, 0.25) is 5.91 Å². The van der Waals surface area contributed by atoms with Crippen LogP contribution in [0.4, 0.5) is 5.69 Å². The Morgan fingerprint density at radius 1 is 1.47 bits per heavy atom. The minimum atomic E-state index is -0.617. The van der Waals surface area contributed by atoms with Crippen LogP contribution in [0, 0.1) is 5.92 Å². The van der Waals surface area contributed by atoms with E-state index >= 15 is 0 Å². The number of nitrogens with two attached hydrogens (primary N) is 1. The Morgan fingerprint density at radius 3 is 2.65 bits per heavy atom. The van der Waals surface area contributed by atoms with Crippen molar-refractivity contribution in [2.75, 3.05) is 5.32 Å². The minimum Gasteiger partial charge on any atom is -0.508 e. The van der Waals surface area contributed by atoms with Crippen LogP contribution in [0.2, 0.25) is 0 Å². The maximum absolute atomic E-state index is 11.7. The van der Waals surface area contributed by atoms with Gasteiger partial charge in [0.15, 0.2) is 0 Å². The Labute approximate surface area is 100 Å². The molecule has 0 radical (unpaired) electrons. The molecular formula is C12H18N2O3. The summed E-state index contributed by atoms with van der Waals surface area (Å²) in [6, 6.07) is 3.34. The SMILES string of the molecule is CCC(C)[C@H](N)C(=O)Nc1ccc(O)cc1O. The minimum absolute atomic E-state index is 0.0632. The van der Waals surface area contributed by atoms with Crippen molar-refractivity contribution >= 4 is 11.6 Å². The zero-order chi connectivity index (χ0) is 13.0. The van der Waals surface area contributed by atoms with Crippen LogP contribution in [0.25, 0.3) is 0 Å². The zero-order valence-electron chi connectivity index (χ0n) is 9.97. The fraction of sp³-hybridized carbons (Fsp3) is 0.417. The molecule has 1 rings (SSSR count). The standard InChI is InChI=1S/C12H18N2O3/c1-3-7(2)11(13)12(17)14-9-5-4-8(15)6-10(9)16/h4-7,11,15-16H,3,13H2,1-2H3,(H,14,17)/t7?,11-/m0/s1. The maximum atomic E-state index is 11.7. The van der Waals surface area contributed by atoms with E-state index in [1.54, 1.807) is 0 Å². The predicted octanol–water partition coefficient (Wildman–Crippen LogP) is 1.41. The van der Waals surface area contributed by atoms with Crippen molar-refractivity contribution in [3.63, 3.8) is 0 Å². The summed E-state index contributed by atoms with van der Waals surface area (Å²) in [5, 5.41) is 21.1. The summed E-state index contributed by atoms with van der Waals surface area (Å²) >= 11 is 0. The van der Waals surface area contributed by atoms with Gasteiger partial charge >= 0.3 is 0 Å². The van der Waals surface area contributed by atoms with Crippen molar-refractivity contribution in [3.8, 4) is 11.5 Å². The molecule has 5 nitrogen and oxygen atoms in total. The van der Waals surface area contributed by atoms with E-state index in [9.17, 15) is 9.90 Å². The molecule has 0 saturated heterocycles. The number of benzene rings is 1. The first kappa shape index (κ1) is 13.3. The number of phenolic OH excluding ortho intramolecular Hbond substituents is 2. The molecular weight excluding hydrogens is 220 g/mol. The molecule has 0 aliphatic rings. The average Bonchev–Trinajstić information content (AvgIpc) is 2.30. The van der Waals surface area contributed by atoms with E-state index in [1.807, 2.05) is 13.8 Å². The summed E-state index contributed by atoms with van der Waals surface area (Å²) in [4.78, 5) is 11.7. The number of rotatable bonds is 4. The molecule has 0 spiro atoms. The van der Waals surface area contributed by atoms with Gasteiger partial charge in [-0.15, -0.1) is 0 Å². The highest BCUT2D eigenvalue weighted by atomic mass is 16.3. The van der Waals surface area contributed by atoms with Gasteiger partial charge in [-0.05, 0) is 18.1 Å². The molecule has 1 amide bonds. The van der Waals surface area contributed by atoms with Crippen LogP contribution in [-0.2, 0) is 4.79 Å². The Balaban J connectivity index is 2.74. The molecule has 5 N–H and O–H groups in total. The van der Waals surface area contributed by atoms with Crippen molar-refractivity contribution in [2.45, 2.75) is 26.3 Å². The molecule has 94 valence electrons. The lowest BCUT2D eigenvalue weighted by Gasteiger charge is -2.18. The second-order valence-electron chi connectivity index (χ2n) is 4.10. The van der Waals surface area contributed by atoms with Crippen molar-refractivity contribution < 1.29 is 15.0 Å². The van der Waals surface area contributed by atoms with Crippen LogP contribution in [0.15, 0.2) is 18.2 Å². The fourth-order valence-electron chi connectivity index (χ4n) is 1.35. The molecule has 17 heavy (non-hydrogen) atoms. The fourth-order valence-corrected chi connectivity index (χ4v) is 1.35. The number of nitrogens with one attached hydrogen (secondary N) is 1. The lowest BCUT2D eigenvalue weighted by Crippen LogP contribution is -2.40. The molecule has 0 bridgehead atoms. The molecule has 0 fully saturated rings. The number of amides is 1. The smallest absolute Gasteiger partial charge is 0.241 e. The van der Waals surface area contributed by atoms with Crippen LogP contribution in [-0.4, -0.2) is 22.2 Å². The largest absolute Gasteiger partial charge is 0.508 e. The van der Waals surface area contributed by atoms with E-state index in [0.29, 0.717) is 0 Å². The van der Waals surface area contributed by atoms with Gasteiger partial charge in [-0.25, -0.2) is 0 Å². The highest BCUT2D eigenvalue weighted by Gasteiger charge is 2.20. The van der Waals surface area contributed by atoms with Crippen LogP contribution >= 0.6 is 0 Å². The van der Waals surface area contributed by atoms with Crippen LogP contribution in [0.5, 0.6) is 11.5 Å². The molecule has 0 aromatic heterocycles. The molecule has 0 aliphatic carbocycles. The molecule has 0 heterocycles. The monoisotopic (exact) mass is 238 g/mol. The first-order valence-corrected chi connectivity index (χ1v) is 5.54. The predicted molar refractivity (Wildman–Crippen MR) is 65.8 cm³/mol. The van der Waals surface area contributed by atoms with E-state index in [0.717, 1.165) is 12.5 Å². The van der Waals surface area contributed by atoms with Gasteiger partial charge in [0.25, 0.3) is 0 Å². The van der Waals surface area contributed by atoms with Crippen molar-refractivity contribution in [3.05, 3.63) is 18.2 Å². The quantitative estimate of drug-likeness (QED) is 0.471. The van der Waals surface area contributed by atoms with Crippen LogP contribution in [0.3, 0.4) is 0 Å². The maximum Gasteiger partial charge on any atom is 0.241 e. The summed E-state index contributed by atoms with van der Waals surface area (Å²) in [5.41, 5.74) is 6.00. The normalized spacial score (nSPS) is 14.1. The lowest BCUT2D eigenvalue weighted by atomic mass is 9.99. The van der Waals surface area contributed by atoms with E-state index in [4.69, 9.17) is 10.8 Å². The number of hydrogen-bond acceptors (Lipinski definition) is 4. The summed E-state index contributed by atoms with van der Waals surface area (Å²) < 4.78 is 0. The van der Waals surface area contributed by atoms with Gasteiger partial charge in [-0.1, -0.05) is 20.3 Å². The number of phenols is 2. The van der Waals surface area contributed by atoms with E-state index in [1.165, 1.54) is 12.1 Å². The molecule has 1 aromatic rings. The summed E-state index contributed by atoms with van der Waals surface area (Å²) in [5.74, 6) is -0.531. The van der Waals surface area contributed by atoms with Crippen molar-refractivity contribution in [1.82, 2.24) is 0 Å². The first-order chi connectivity index (χ1) is 7.95. The Kier molecular flexibility index (Phi) is 4.34. The zero-order valence-corrected chi connectivity index (χ0v) is 9.97. The number of carbonyl (C=O) groups excluding carboxylic acids is 1. The third-order valence-electron chi connectivity index (χ3n) is 2.80. The average molecular weight is 238 g/mol. The van der Waals surface area contributed by atoms with Gasteiger partial charge in [0, 0.05) is 6.07 Å². The number of anilines is 1. The molecule has 1 unspecified atom stereocenters. The Hall–Kier alpha value is -1.75.